The number of nitrogens with one attached hydrogen (secondary N) is 1. The summed E-state index contributed by atoms with van der Waals surface area (Å²) >= 11 is 0. The Bertz CT molecular complexity index is 519. The molecule has 0 saturated carbocycles. The van der Waals surface area contributed by atoms with Crippen LogP contribution < -0.4 is 5.32 Å². The molecule has 0 unspecified atom stereocenters. The molecular formula is C11H15N5O3. The SMILES string of the molecule is Cc1nnc(NC(=O)N2CCC[C@H]2C(=O)O)nc1C. The highest BCUT2D eigenvalue weighted by molar-refractivity contribution is 5.91. The summed E-state index contributed by atoms with van der Waals surface area (Å²) in [5.41, 5.74) is 1.35. The maximum Gasteiger partial charge on any atom is 0.326 e. The number of carbonyl (C=O) groups excluding carboxylic acids is 1. The van der Waals surface area contributed by atoms with Crippen LogP contribution in [0, 0.1) is 13.8 Å². The second-order valence-corrected chi connectivity index (χ2v) is 4.43. The third-order valence-electron chi connectivity index (χ3n) is 3.11. The number of likely N-dealkylation sites (tertiary alicyclic amines) is 1. The van der Waals surface area contributed by atoms with Crippen molar-refractivity contribution in [3.63, 3.8) is 0 Å². The van der Waals surface area contributed by atoms with Crippen molar-refractivity contribution in [2.45, 2.75) is 32.7 Å². The first kappa shape index (κ1) is 13.2. The summed E-state index contributed by atoms with van der Waals surface area (Å²) in [6.07, 6.45) is 1.14. The molecule has 102 valence electrons. The average molecular weight is 265 g/mol. The van der Waals surface area contributed by atoms with E-state index in [9.17, 15) is 9.59 Å². The lowest BCUT2D eigenvalue weighted by Crippen LogP contribution is -2.43. The van der Waals surface area contributed by atoms with Crippen molar-refractivity contribution >= 4 is 17.9 Å². The van der Waals surface area contributed by atoms with Crippen molar-refractivity contribution in [1.82, 2.24) is 20.1 Å². The average Bonchev–Trinajstić information content (AvgIpc) is 2.83. The van der Waals surface area contributed by atoms with Crippen molar-refractivity contribution in [3.8, 4) is 0 Å². The monoisotopic (exact) mass is 265 g/mol. The molecule has 1 aliphatic rings. The number of rotatable bonds is 2. The van der Waals surface area contributed by atoms with E-state index in [-0.39, 0.29) is 5.95 Å². The Balaban J connectivity index is 2.08. The molecule has 0 aliphatic carbocycles. The van der Waals surface area contributed by atoms with E-state index in [0.717, 1.165) is 0 Å². The Morgan fingerprint density at radius 2 is 2.05 bits per heavy atom. The number of amides is 2. The van der Waals surface area contributed by atoms with Crippen LogP contribution in [0.2, 0.25) is 0 Å². The number of nitrogens with zero attached hydrogens (tertiary/aromatic N) is 4. The van der Waals surface area contributed by atoms with Gasteiger partial charge in [0.15, 0.2) is 0 Å². The second kappa shape index (κ2) is 5.17. The number of carboxylic acids is 1. The van der Waals surface area contributed by atoms with E-state index in [4.69, 9.17) is 5.11 Å². The molecule has 8 heteroatoms. The van der Waals surface area contributed by atoms with Crippen molar-refractivity contribution in [1.29, 1.82) is 0 Å². The summed E-state index contributed by atoms with van der Waals surface area (Å²) < 4.78 is 0. The summed E-state index contributed by atoms with van der Waals surface area (Å²) in [5, 5.41) is 19.1. The van der Waals surface area contributed by atoms with Gasteiger partial charge in [0, 0.05) is 6.54 Å². The summed E-state index contributed by atoms with van der Waals surface area (Å²) in [4.78, 5) is 28.3. The number of hydrogen-bond acceptors (Lipinski definition) is 5. The number of aliphatic carboxylic acids is 1. The van der Waals surface area contributed by atoms with Crippen molar-refractivity contribution < 1.29 is 14.7 Å². The summed E-state index contributed by atoms with van der Waals surface area (Å²) in [5.74, 6) is -0.907. The molecule has 1 aliphatic heterocycles. The predicted octanol–water partition coefficient (Wildman–Crippen LogP) is 0.569. The molecule has 8 nitrogen and oxygen atoms in total. The topological polar surface area (TPSA) is 108 Å². The first-order valence-electron chi connectivity index (χ1n) is 5.97. The summed E-state index contributed by atoms with van der Waals surface area (Å²) in [6.45, 7) is 3.94. The quantitative estimate of drug-likeness (QED) is 0.809. The maximum atomic E-state index is 12.0. The fourth-order valence-electron chi connectivity index (χ4n) is 1.94. The van der Waals surface area contributed by atoms with Gasteiger partial charge in [0.25, 0.3) is 5.95 Å². The number of hydrogen-bond donors (Lipinski definition) is 2. The number of carboxylic acid groups (broad SMARTS) is 1. The second-order valence-electron chi connectivity index (χ2n) is 4.43. The van der Waals surface area contributed by atoms with Crippen LogP contribution in [0.1, 0.15) is 24.2 Å². The molecular weight excluding hydrogens is 250 g/mol. The van der Waals surface area contributed by atoms with E-state index in [1.54, 1.807) is 13.8 Å². The van der Waals surface area contributed by atoms with Crippen LogP contribution in [0.3, 0.4) is 0 Å². The smallest absolute Gasteiger partial charge is 0.326 e. The fraction of sp³-hybridized carbons (Fsp3) is 0.545. The zero-order chi connectivity index (χ0) is 14.0. The van der Waals surface area contributed by atoms with Gasteiger partial charge in [0.05, 0.1) is 11.4 Å². The molecule has 2 N–H and O–H groups in total. The van der Waals surface area contributed by atoms with Crippen molar-refractivity contribution in [3.05, 3.63) is 11.4 Å². The molecule has 2 amide bonds. The van der Waals surface area contributed by atoms with Gasteiger partial charge in [-0.25, -0.2) is 14.6 Å². The molecule has 0 aromatic carbocycles. The van der Waals surface area contributed by atoms with Crippen molar-refractivity contribution in [2.24, 2.45) is 0 Å². The van der Waals surface area contributed by atoms with Crippen LogP contribution in [0.15, 0.2) is 0 Å². The normalized spacial score (nSPS) is 18.4. The first-order chi connectivity index (χ1) is 8.99. The lowest BCUT2D eigenvalue weighted by atomic mass is 10.2. The molecule has 1 fully saturated rings. The lowest BCUT2D eigenvalue weighted by Gasteiger charge is -2.21. The van der Waals surface area contributed by atoms with E-state index >= 15 is 0 Å². The highest BCUT2D eigenvalue weighted by Gasteiger charge is 2.34. The Morgan fingerprint density at radius 1 is 1.32 bits per heavy atom. The van der Waals surface area contributed by atoms with Crippen LogP contribution in [0.5, 0.6) is 0 Å². The molecule has 2 rings (SSSR count). The largest absolute Gasteiger partial charge is 0.480 e. The summed E-state index contributed by atoms with van der Waals surface area (Å²) in [6, 6.07) is -1.28. The minimum Gasteiger partial charge on any atom is -0.480 e. The molecule has 2 heterocycles. The number of urea groups is 1. The van der Waals surface area contributed by atoms with Crippen molar-refractivity contribution in [2.75, 3.05) is 11.9 Å². The molecule has 0 radical (unpaired) electrons. The van der Waals surface area contributed by atoms with E-state index in [0.29, 0.717) is 30.8 Å². The van der Waals surface area contributed by atoms with E-state index in [2.05, 4.69) is 20.5 Å². The molecule has 1 aromatic rings. The maximum absolute atomic E-state index is 12.0. The molecule has 0 bridgehead atoms. The van der Waals surface area contributed by atoms with E-state index in [1.807, 2.05) is 0 Å². The molecule has 0 spiro atoms. The van der Waals surface area contributed by atoms with Gasteiger partial charge in [-0.2, -0.15) is 5.10 Å². The van der Waals surface area contributed by atoms with Gasteiger partial charge in [-0.15, -0.1) is 5.10 Å². The molecule has 1 aromatic heterocycles. The van der Waals surface area contributed by atoms with Crippen LogP contribution in [-0.2, 0) is 4.79 Å². The van der Waals surface area contributed by atoms with Gasteiger partial charge in [0.2, 0.25) is 0 Å². The first-order valence-corrected chi connectivity index (χ1v) is 5.97. The van der Waals surface area contributed by atoms with E-state index < -0.39 is 18.0 Å². The van der Waals surface area contributed by atoms with Gasteiger partial charge in [-0.05, 0) is 26.7 Å². The third-order valence-corrected chi connectivity index (χ3v) is 3.11. The Kier molecular flexibility index (Phi) is 3.59. The number of carbonyl (C=O) groups is 2. The number of aromatic nitrogens is 3. The van der Waals surface area contributed by atoms with Gasteiger partial charge in [-0.1, -0.05) is 0 Å². The van der Waals surface area contributed by atoms with Crippen LogP contribution in [-0.4, -0.2) is 49.8 Å². The number of anilines is 1. The Labute approximate surface area is 109 Å². The summed E-state index contributed by atoms with van der Waals surface area (Å²) in [7, 11) is 0. The standard InChI is InChI=1S/C11H15N5O3/c1-6-7(2)14-15-10(12-6)13-11(19)16-5-3-4-8(16)9(17)18/h8H,3-5H2,1-2H3,(H,17,18)(H,12,13,15,19)/t8-/m0/s1. The highest BCUT2D eigenvalue weighted by atomic mass is 16.4. The van der Waals surface area contributed by atoms with Crippen LogP contribution in [0.4, 0.5) is 10.7 Å². The van der Waals surface area contributed by atoms with Crippen LogP contribution >= 0.6 is 0 Å². The zero-order valence-corrected chi connectivity index (χ0v) is 10.8. The minimum absolute atomic E-state index is 0.0872. The highest BCUT2D eigenvalue weighted by Crippen LogP contribution is 2.18. The predicted molar refractivity (Wildman–Crippen MR) is 65.7 cm³/mol. The molecule has 1 atom stereocenters. The van der Waals surface area contributed by atoms with Gasteiger partial charge < -0.3 is 10.0 Å². The van der Waals surface area contributed by atoms with Gasteiger partial charge >= 0.3 is 12.0 Å². The molecule has 1 saturated heterocycles. The number of aryl methyl sites for hydroxylation is 2. The fourth-order valence-corrected chi connectivity index (χ4v) is 1.94. The Hall–Kier alpha value is -2.25. The van der Waals surface area contributed by atoms with Gasteiger partial charge in [-0.3, -0.25) is 5.32 Å². The molecule has 19 heavy (non-hydrogen) atoms. The third kappa shape index (κ3) is 2.78. The van der Waals surface area contributed by atoms with Crippen LogP contribution in [0.25, 0.3) is 0 Å². The Morgan fingerprint density at radius 3 is 2.68 bits per heavy atom. The van der Waals surface area contributed by atoms with Gasteiger partial charge in [0.1, 0.15) is 6.04 Å². The van der Waals surface area contributed by atoms with E-state index in [1.165, 1.54) is 4.90 Å². The zero-order valence-electron chi connectivity index (χ0n) is 10.8. The lowest BCUT2D eigenvalue weighted by molar-refractivity contribution is -0.141. The minimum atomic E-state index is -0.994.